The first-order valence-electron chi connectivity index (χ1n) is 12.0. The summed E-state index contributed by atoms with van der Waals surface area (Å²) in [6, 6.07) is 0. The minimum absolute atomic E-state index is 0.0472. The minimum Gasteiger partial charge on any atom is -0.463 e. The molecule has 0 aromatic heterocycles. The van der Waals surface area contributed by atoms with Crippen LogP contribution in [0.4, 0.5) is 0 Å². The molecule has 0 amide bonds. The van der Waals surface area contributed by atoms with E-state index in [0.717, 1.165) is 25.7 Å². The van der Waals surface area contributed by atoms with Gasteiger partial charge < -0.3 is 14.2 Å². The Morgan fingerprint density at radius 3 is 2.06 bits per heavy atom. The fourth-order valence-corrected chi connectivity index (χ4v) is 7.99. The van der Waals surface area contributed by atoms with Gasteiger partial charge in [0.1, 0.15) is 12.2 Å². The van der Waals surface area contributed by atoms with Crippen molar-refractivity contribution < 1.29 is 33.4 Å². The Bertz CT molecular complexity index is 821. The Hall–Kier alpha value is -1.92. The molecule has 4 aliphatic carbocycles. The quantitative estimate of drug-likeness (QED) is 0.481. The van der Waals surface area contributed by atoms with E-state index in [-0.39, 0.29) is 53.1 Å². The van der Waals surface area contributed by atoms with Gasteiger partial charge >= 0.3 is 17.9 Å². The third-order valence-corrected chi connectivity index (χ3v) is 9.28. The van der Waals surface area contributed by atoms with Crippen LogP contribution < -0.4 is 0 Å². The normalized spacial score (nSPS) is 45.2. The van der Waals surface area contributed by atoms with Crippen molar-refractivity contribution >= 4 is 23.7 Å². The van der Waals surface area contributed by atoms with Gasteiger partial charge in [-0.15, -0.1) is 0 Å². The van der Waals surface area contributed by atoms with Crippen molar-refractivity contribution in [1.29, 1.82) is 0 Å². The van der Waals surface area contributed by atoms with Crippen molar-refractivity contribution in [1.82, 2.24) is 0 Å². The summed E-state index contributed by atoms with van der Waals surface area (Å²) in [6.07, 6.45) is 4.33. The van der Waals surface area contributed by atoms with Crippen LogP contribution in [0.3, 0.4) is 0 Å². The van der Waals surface area contributed by atoms with Crippen molar-refractivity contribution in [3.8, 4) is 0 Å². The largest absolute Gasteiger partial charge is 0.463 e. The third-order valence-electron chi connectivity index (χ3n) is 9.28. The van der Waals surface area contributed by atoms with E-state index in [1.165, 1.54) is 20.8 Å². The average molecular weight is 449 g/mol. The van der Waals surface area contributed by atoms with Crippen LogP contribution in [0.15, 0.2) is 0 Å². The zero-order valence-electron chi connectivity index (χ0n) is 19.8. The van der Waals surface area contributed by atoms with Crippen molar-refractivity contribution in [2.45, 2.75) is 97.9 Å². The lowest BCUT2D eigenvalue weighted by Gasteiger charge is -2.61. The van der Waals surface area contributed by atoms with Crippen LogP contribution in [-0.2, 0) is 33.4 Å². The molecule has 4 aliphatic rings. The summed E-state index contributed by atoms with van der Waals surface area (Å²) in [5.74, 6) is -0.0780. The average Bonchev–Trinajstić information content (AvgIpc) is 2.93. The van der Waals surface area contributed by atoms with Crippen LogP contribution in [0.25, 0.3) is 0 Å². The van der Waals surface area contributed by atoms with Gasteiger partial charge in [0.15, 0.2) is 11.9 Å². The van der Waals surface area contributed by atoms with Gasteiger partial charge in [-0.3, -0.25) is 19.2 Å². The molecule has 178 valence electrons. The molecule has 0 unspecified atom stereocenters. The molecule has 7 heteroatoms. The Kier molecular flexibility index (Phi) is 5.91. The van der Waals surface area contributed by atoms with E-state index in [4.69, 9.17) is 14.2 Å². The van der Waals surface area contributed by atoms with E-state index < -0.39 is 17.5 Å². The molecular formula is C25H36O7. The lowest BCUT2D eigenvalue weighted by Crippen LogP contribution is -2.59. The maximum Gasteiger partial charge on any atom is 0.303 e. The Labute approximate surface area is 189 Å². The number of hydrogen-bond acceptors (Lipinski definition) is 7. The summed E-state index contributed by atoms with van der Waals surface area (Å²) in [7, 11) is 0. The van der Waals surface area contributed by atoms with Gasteiger partial charge in [-0.25, -0.2) is 0 Å². The summed E-state index contributed by atoms with van der Waals surface area (Å²) >= 11 is 0. The van der Waals surface area contributed by atoms with Crippen LogP contribution in [0.5, 0.6) is 0 Å². The van der Waals surface area contributed by atoms with Gasteiger partial charge in [-0.1, -0.05) is 13.8 Å². The SMILES string of the molecule is CC(=O)O[C@H]1CC[C@@]2(C)[C@H](C1)[C@@H](OC(C)=O)C[C@@H]1[C@@H]2CC[C@]2(C)C(=O)[C@H](OC(C)=O)C[C@@H]12. The number of carbonyl (C=O) groups is 4. The molecule has 0 aliphatic heterocycles. The molecule has 7 nitrogen and oxygen atoms in total. The molecule has 0 spiro atoms. The third kappa shape index (κ3) is 3.75. The predicted molar refractivity (Wildman–Crippen MR) is 114 cm³/mol. The number of hydrogen-bond donors (Lipinski definition) is 0. The van der Waals surface area contributed by atoms with Crippen molar-refractivity contribution in [3.63, 3.8) is 0 Å². The molecule has 4 rings (SSSR count). The van der Waals surface area contributed by atoms with Crippen molar-refractivity contribution in [2.75, 3.05) is 0 Å². The van der Waals surface area contributed by atoms with E-state index in [0.29, 0.717) is 25.2 Å². The predicted octanol–water partition coefficient (Wildman–Crippen LogP) is 3.61. The van der Waals surface area contributed by atoms with E-state index in [1.54, 1.807) is 0 Å². The second-order valence-electron chi connectivity index (χ2n) is 11.0. The fourth-order valence-electron chi connectivity index (χ4n) is 7.99. The number of ether oxygens (including phenoxy) is 3. The molecule has 0 saturated heterocycles. The van der Waals surface area contributed by atoms with Gasteiger partial charge in [-0.2, -0.15) is 0 Å². The van der Waals surface area contributed by atoms with Crippen LogP contribution in [0, 0.1) is 34.5 Å². The number of rotatable bonds is 3. The zero-order chi connectivity index (χ0) is 23.4. The zero-order valence-corrected chi connectivity index (χ0v) is 19.8. The molecule has 4 saturated carbocycles. The summed E-state index contributed by atoms with van der Waals surface area (Å²) in [5.41, 5.74) is -0.552. The first kappa shape index (κ1) is 23.2. The fraction of sp³-hybridized carbons (Fsp3) is 0.840. The molecule has 0 radical (unpaired) electrons. The number of Topliss-reactive ketones (excluding diaryl/α,β-unsaturated/α-hetero) is 1. The van der Waals surface area contributed by atoms with Crippen LogP contribution in [0.2, 0.25) is 0 Å². The Morgan fingerprint density at radius 2 is 1.44 bits per heavy atom. The first-order chi connectivity index (χ1) is 15.0. The monoisotopic (exact) mass is 448 g/mol. The lowest BCUT2D eigenvalue weighted by molar-refractivity contribution is -0.195. The lowest BCUT2D eigenvalue weighted by atomic mass is 9.44. The number of carbonyl (C=O) groups excluding carboxylic acids is 4. The summed E-state index contributed by atoms with van der Waals surface area (Å²) in [5, 5.41) is 0. The van der Waals surface area contributed by atoms with E-state index >= 15 is 0 Å². The van der Waals surface area contributed by atoms with Crippen LogP contribution in [-0.4, -0.2) is 42.0 Å². The van der Waals surface area contributed by atoms with Crippen molar-refractivity contribution in [3.05, 3.63) is 0 Å². The molecule has 0 aromatic rings. The van der Waals surface area contributed by atoms with Gasteiger partial charge in [0.25, 0.3) is 0 Å². The molecular weight excluding hydrogens is 412 g/mol. The molecule has 9 atom stereocenters. The molecule has 0 heterocycles. The highest BCUT2D eigenvalue weighted by Crippen LogP contribution is 2.66. The summed E-state index contributed by atoms with van der Waals surface area (Å²) in [6.45, 7) is 8.57. The Morgan fingerprint density at radius 1 is 0.781 bits per heavy atom. The molecule has 0 aromatic carbocycles. The van der Waals surface area contributed by atoms with Crippen molar-refractivity contribution in [2.24, 2.45) is 34.5 Å². The highest BCUT2D eigenvalue weighted by molar-refractivity contribution is 5.92. The van der Waals surface area contributed by atoms with E-state index in [9.17, 15) is 19.2 Å². The van der Waals surface area contributed by atoms with Gasteiger partial charge in [0.2, 0.25) is 0 Å². The van der Waals surface area contributed by atoms with E-state index in [1.807, 2.05) is 6.92 Å². The number of fused-ring (bicyclic) bond motifs is 5. The Balaban J connectivity index is 1.65. The standard InChI is InChI=1S/C25H36O7/c1-13(26)30-16-6-8-24(4)18-7-9-25(5)19(12-22(23(25)29)32-15(3)28)17(18)11-21(20(24)10-16)31-14(2)27/h16-22H,6-12H2,1-5H3/t16-,17+,18-,19-,20+,21-,22+,24+,25-/m0/s1. The maximum absolute atomic E-state index is 13.2. The topological polar surface area (TPSA) is 96.0 Å². The van der Waals surface area contributed by atoms with Gasteiger partial charge in [-0.05, 0) is 68.1 Å². The number of ketones is 1. The highest BCUT2D eigenvalue weighted by Gasteiger charge is 2.65. The smallest absolute Gasteiger partial charge is 0.303 e. The van der Waals surface area contributed by atoms with Gasteiger partial charge in [0.05, 0.1) is 0 Å². The molecule has 4 fully saturated rings. The maximum atomic E-state index is 13.2. The summed E-state index contributed by atoms with van der Waals surface area (Å²) in [4.78, 5) is 48.4. The minimum atomic E-state index is -0.668. The number of esters is 3. The molecule has 0 bridgehead atoms. The van der Waals surface area contributed by atoms with E-state index in [2.05, 4.69) is 6.92 Å². The van der Waals surface area contributed by atoms with Crippen LogP contribution in [0.1, 0.15) is 79.6 Å². The molecule has 0 N–H and O–H groups in total. The van der Waals surface area contributed by atoms with Crippen LogP contribution >= 0.6 is 0 Å². The van der Waals surface area contributed by atoms with Gasteiger partial charge in [0, 0.05) is 32.1 Å². The second-order valence-corrected chi connectivity index (χ2v) is 11.0. The molecule has 32 heavy (non-hydrogen) atoms. The summed E-state index contributed by atoms with van der Waals surface area (Å²) < 4.78 is 16.8. The first-order valence-corrected chi connectivity index (χ1v) is 12.0. The second kappa shape index (κ2) is 8.14. The highest BCUT2D eigenvalue weighted by atomic mass is 16.6.